The summed E-state index contributed by atoms with van der Waals surface area (Å²) in [4.78, 5) is 12.2. The summed E-state index contributed by atoms with van der Waals surface area (Å²) in [6, 6.07) is 7.88. The first-order valence-corrected chi connectivity index (χ1v) is 6.43. The molecule has 1 saturated carbocycles. The number of amides is 1. The Morgan fingerprint density at radius 1 is 1.28 bits per heavy atom. The maximum Gasteiger partial charge on any atom is 0.244 e. The van der Waals surface area contributed by atoms with Crippen LogP contribution in [-0.4, -0.2) is 18.5 Å². The molecule has 3 heteroatoms. The second-order valence-corrected chi connectivity index (χ2v) is 4.76. The Morgan fingerprint density at radius 2 is 1.94 bits per heavy atom. The lowest BCUT2D eigenvalue weighted by molar-refractivity contribution is -0.125. The predicted molar refractivity (Wildman–Crippen MR) is 75.4 cm³/mol. The Kier molecular flexibility index (Phi) is 3.82. The summed E-state index contributed by atoms with van der Waals surface area (Å²) in [7, 11) is 1.86. The van der Waals surface area contributed by atoms with Crippen molar-refractivity contribution in [3.63, 3.8) is 0 Å². The van der Waals surface area contributed by atoms with Crippen molar-refractivity contribution in [3.8, 4) is 0 Å². The van der Waals surface area contributed by atoms with Crippen molar-refractivity contribution >= 4 is 17.7 Å². The van der Waals surface area contributed by atoms with Gasteiger partial charge in [-0.05, 0) is 50.9 Å². The lowest BCUT2D eigenvalue weighted by Gasteiger charge is -2.39. The zero-order chi connectivity index (χ0) is 13.0. The SMILES string of the molecule is C/C=C/c1ccc(NC(=O)C2(NC)CCC2)cc1. The van der Waals surface area contributed by atoms with Gasteiger partial charge in [-0.15, -0.1) is 0 Å². The fourth-order valence-corrected chi connectivity index (χ4v) is 2.24. The maximum absolute atomic E-state index is 12.2. The number of likely N-dealkylation sites (N-methyl/N-ethyl adjacent to an activating group) is 1. The molecule has 18 heavy (non-hydrogen) atoms. The molecule has 0 aromatic heterocycles. The fraction of sp³-hybridized carbons (Fsp3) is 0.400. The highest BCUT2D eigenvalue weighted by Crippen LogP contribution is 2.32. The first-order valence-electron chi connectivity index (χ1n) is 6.43. The van der Waals surface area contributed by atoms with Gasteiger partial charge in [0.15, 0.2) is 0 Å². The largest absolute Gasteiger partial charge is 0.324 e. The van der Waals surface area contributed by atoms with Gasteiger partial charge in [-0.2, -0.15) is 0 Å². The van der Waals surface area contributed by atoms with Crippen LogP contribution < -0.4 is 10.6 Å². The molecule has 2 rings (SSSR count). The molecule has 0 unspecified atom stereocenters. The van der Waals surface area contributed by atoms with Crippen LogP contribution in [-0.2, 0) is 4.79 Å². The molecule has 0 bridgehead atoms. The van der Waals surface area contributed by atoms with Crippen LogP contribution in [0.15, 0.2) is 30.3 Å². The van der Waals surface area contributed by atoms with Gasteiger partial charge in [0.05, 0.1) is 5.54 Å². The van der Waals surface area contributed by atoms with Crippen LogP contribution in [0.4, 0.5) is 5.69 Å². The Balaban J connectivity index is 2.03. The van der Waals surface area contributed by atoms with Gasteiger partial charge in [0, 0.05) is 5.69 Å². The molecule has 0 spiro atoms. The van der Waals surface area contributed by atoms with Crippen LogP contribution in [0, 0.1) is 0 Å². The lowest BCUT2D eigenvalue weighted by atomic mass is 9.76. The monoisotopic (exact) mass is 244 g/mol. The highest BCUT2D eigenvalue weighted by Gasteiger charge is 2.42. The van der Waals surface area contributed by atoms with E-state index in [2.05, 4.69) is 10.6 Å². The number of carbonyl (C=O) groups excluding carboxylic acids is 1. The minimum Gasteiger partial charge on any atom is -0.324 e. The molecule has 1 aliphatic carbocycles. The van der Waals surface area contributed by atoms with Crippen molar-refractivity contribution in [1.82, 2.24) is 5.32 Å². The van der Waals surface area contributed by atoms with Crippen LogP contribution in [0.2, 0.25) is 0 Å². The summed E-state index contributed by atoms with van der Waals surface area (Å²) >= 11 is 0. The van der Waals surface area contributed by atoms with Crippen molar-refractivity contribution in [2.45, 2.75) is 31.7 Å². The topological polar surface area (TPSA) is 41.1 Å². The number of hydrogen-bond acceptors (Lipinski definition) is 2. The summed E-state index contributed by atoms with van der Waals surface area (Å²) in [5.41, 5.74) is 1.65. The highest BCUT2D eigenvalue weighted by atomic mass is 16.2. The van der Waals surface area contributed by atoms with E-state index in [1.54, 1.807) is 0 Å². The molecule has 0 radical (unpaired) electrons. The van der Waals surface area contributed by atoms with Crippen LogP contribution >= 0.6 is 0 Å². The Morgan fingerprint density at radius 3 is 2.39 bits per heavy atom. The van der Waals surface area contributed by atoms with E-state index in [9.17, 15) is 4.79 Å². The van der Waals surface area contributed by atoms with Gasteiger partial charge >= 0.3 is 0 Å². The van der Waals surface area contributed by atoms with Gasteiger partial charge < -0.3 is 10.6 Å². The number of nitrogens with one attached hydrogen (secondary N) is 2. The first kappa shape index (κ1) is 12.8. The summed E-state index contributed by atoms with van der Waals surface area (Å²) in [6.45, 7) is 1.99. The van der Waals surface area contributed by atoms with Gasteiger partial charge in [0.2, 0.25) is 5.91 Å². The van der Waals surface area contributed by atoms with E-state index in [4.69, 9.17) is 0 Å². The molecule has 1 aromatic carbocycles. The average Bonchev–Trinajstić information content (AvgIpc) is 2.31. The van der Waals surface area contributed by atoms with Crippen molar-refractivity contribution < 1.29 is 4.79 Å². The second-order valence-electron chi connectivity index (χ2n) is 4.76. The maximum atomic E-state index is 12.2. The normalized spacial score (nSPS) is 17.4. The average molecular weight is 244 g/mol. The van der Waals surface area contributed by atoms with Crippen molar-refractivity contribution in [2.75, 3.05) is 12.4 Å². The minimum atomic E-state index is -0.345. The van der Waals surface area contributed by atoms with Crippen molar-refractivity contribution in [1.29, 1.82) is 0 Å². The smallest absolute Gasteiger partial charge is 0.244 e. The quantitative estimate of drug-likeness (QED) is 0.855. The van der Waals surface area contributed by atoms with Crippen LogP contribution in [0.25, 0.3) is 6.08 Å². The summed E-state index contributed by atoms with van der Waals surface area (Å²) in [6.07, 6.45) is 7.00. The van der Waals surface area contributed by atoms with Gasteiger partial charge in [0.25, 0.3) is 0 Å². The Labute approximate surface area is 108 Å². The molecule has 1 amide bonds. The van der Waals surface area contributed by atoms with Crippen molar-refractivity contribution in [2.24, 2.45) is 0 Å². The second kappa shape index (κ2) is 5.36. The number of benzene rings is 1. The first-order chi connectivity index (χ1) is 8.70. The standard InChI is InChI=1S/C15H20N2O/c1-3-5-12-6-8-13(9-7-12)17-14(18)15(16-2)10-4-11-15/h3,5-9,16H,4,10-11H2,1-2H3,(H,17,18)/b5-3+. The van der Waals surface area contributed by atoms with E-state index in [1.807, 2.05) is 50.4 Å². The lowest BCUT2D eigenvalue weighted by Crippen LogP contribution is -2.58. The van der Waals surface area contributed by atoms with E-state index in [1.165, 1.54) is 0 Å². The van der Waals surface area contributed by atoms with Gasteiger partial charge in [0.1, 0.15) is 0 Å². The molecule has 1 fully saturated rings. The summed E-state index contributed by atoms with van der Waals surface area (Å²) in [5, 5.41) is 6.12. The molecular formula is C15H20N2O. The molecule has 1 aliphatic rings. The van der Waals surface area contributed by atoms with Crippen LogP contribution in [0.3, 0.4) is 0 Å². The van der Waals surface area contributed by atoms with Gasteiger partial charge in [-0.3, -0.25) is 4.79 Å². The van der Waals surface area contributed by atoms with E-state index in [0.29, 0.717) is 0 Å². The highest BCUT2D eigenvalue weighted by molar-refractivity contribution is 5.98. The van der Waals surface area contributed by atoms with Crippen molar-refractivity contribution in [3.05, 3.63) is 35.9 Å². The van der Waals surface area contributed by atoms with Crippen LogP contribution in [0.5, 0.6) is 0 Å². The van der Waals surface area contributed by atoms with E-state index in [0.717, 1.165) is 30.5 Å². The molecule has 0 saturated heterocycles. The molecule has 2 N–H and O–H groups in total. The molecule has 0 aliphatic heterocycles. The third-order valence-corrected chi connectivity index (χ3v) is 3.65. The van der Waals surface area contributed by atoms with E-state index < -0.39 is 0 Å². The van der Waals surface area contributed by atoms with E-state index >= 15 is 0 Å². The number of hydrogen-bond donors (Lipinski definition) is 2. The number of anilines is 1. The molecular weight excluding hydrogens is 224 g/mol. The summed E-state index contributed by atoms with van der Waals surface area (Å²) in [5.74, 6) is 0.0787. The van der Waals surface area contributed by atoms with Gasteiger partial charge in [-0.1, -0.05) is 24.3 Å². The molecule has 3 nitrogen and oxygen atoms in total. The number of allylic oxidation sites excluding steroid dienone is 1. The fourth-order valence-electron chi connectivity index (χ4n) is 2.24. The Hall–Kier alpha value is -1.61. The minimum absolute atomic E-state index is 0.0787. The van der Waals surface area contributed by atoms with Gasteiger partial charge in [-0.25, -0.2) is 0 Å². The molecule has 96 valence electrons. The zero-order valence-electron chi connectivity index (χ0n) is 11.0. The third kappa shape index (κ3) is 2.46. The number of carbonyl (C=O) groups is 1. The zero-order valence-corrected chi connectivity index (χ0v) is 11.0. The Bertz CT molecular complexity index is 439. The molecule has 0 heterocycles. The predicted octanol–water partition coefficient (Wildman–Crippen LogP) is 2.80. The van der Waals surface area contributed by atoms with Crippen LogP contribution in [0.1, 0.15) is 31.7 Å². The molecule has 1 aromatic rings. The molecule has 0 atom stereocenters. The number of rotatable bonds is 4. The summed E-state index contributed by atoms with van der Waals surface area (Å²) < 4.78 is 0. The third-order valence-electron chi connectivity index (χ3n) is 3.65. The van der Waals surface area contributed by atoms with E-state index in [-0.39, 0.29) is 11.4 Å².